The summed E-state index contributed by atoms with van der Waals surface area (Å²) < 4.78 is 44.8. The van der Waals surface area contributed by atoms with Crippen molar-refractivity contribution in [2.75, 3.05) is 3.76 Å². The van der Waals surface area contributed by atoms with Crippen LogP contribution in [0.5, 0.6) is 0 Å². The number of carbonyl (C=O) groups excluding carboxylic acids is 3. The number of fused-ring (bicyclic) bond motifs is 5. The van der Waals surface area contributed by atoms with Gasteiger partial charge < -0.3 is 14.3 Å². The maximum absolute atomic E-state index is 17.4. The molecule has 0 spiro atoms. The van der Waals surface area contributed by atoms with E-state index in [0.717, 1.165) is 17.8 Å². The fourth-order valence-electron chi connectivity index (χ4n) is 7.97. The Morgan fingerprint density at radius 2 is 2.03 bits per heavy atom. The largest absolute Gasteiger partial charge is 0.457 e. The predicted molar refractivity (Wildman–Crippen MR) is 142 cm³/mol. The molecular weight excluding hydrogens is 617 g/mol. The van der Waals surface area contributed by atoms with Gasteiger partial charge in [0.2, 0.25) is 10.9 Å². The highest BCUT2D eigenvalue weighted by Gasteiger charge is 2.78. The Labute approximate surface area is 231 Å². The van der Waals surface area contributed by atoms with Crippen LogP contribution in [-0.2, 0) is 14.3 Å². The van der Waals surface area contributed by atoms with E-state index in [4.69, 9.17) is 9.15 Å². The molecule has 6 nitrogen and oxygen atoms in total. The molecule has 1 heterocycles. The molecule has 4 aliphatic carbocycles. The van der Waals surface area contributed by atoms with Crippen LogP contribution in [0.4, 0.5) is 8.78 Å². The highest BCUT2D eigenvalue weighted by atomic mass is 127. The molecule has 3 fully saturated rings. The maximum Gasteiger partial charge on any atom is 0.375 e. The maximum atomic E-state index is 17.4. The van der Waals surface area contributed by atoms with Gasteiger partial charge in [0, 0.05) is 22.7 Å². The first-order valence-corrected chi connectivity index (χ1v) is 14.8. The van der Waals surface area contributed by atoms with Crippen LogP contribution >= 0.6 is 34.4 Å². The van der Waals surface area contributed by atoms with Crippen LogP contribution in [0.3, 0.4) is 0 Å². The van der Waals surface area contributed by atoms with Crippen molar-refractivity contribution in [3.05, 3.63) is 48.0 Å². The third kappa shape index (κ3) is 3.46. The number of hydrogen-bond donors (Lipinski definition) is 1. The Morgan fingerprint density at radius 1 is 1.30 bits per heavy atom. The van der Waals surface area contributed by atoms with Crippen LogP contribution in [0.15, 0.2) is 46.6 Å². The highest BCUT2D eigenvalue weighted by molar-refractivity contribution is 14.1. The second-order valence-electron chi connectivity index (χ2n) is 11.1. The summed E-state index contributed by atoms with van der Waals surface area (Å²) in [6.45, 7) is 5.08. The summed E-state index contributed by atoms with van der Waals surface area (Å²) in [4.78, 5) is 39.0. The number of ketones is 1. The van der Waals surface area contributed by atoms with E-state index in [-0.39, 0.29) is 29.3 Å². The van der Waals surface area contributed by atoms with Gasteiger partial charge in [0.1, 0.15) is 6.17 Å². The Bertz CT molecular complexity index is 1200. The van der Waals surface area contributed by atoms with Crippen molar-refractivity contribution in [1.82, 2.24) is 0 Å². The van der Waals surface area contributed by atoms with Crippen molar-refractivity contribution in [1.29, 1.82) is 0 Å². The van der Waals surface area contributed by atoms with E-state index in [1.54, 1.807) is 13.8 Å². The standard InChI is InChI=1S/C27H29F2IO6S/c1-14-9-16-17-11-19(28)18-10-15(31)6-7-24(18,2)26(17,29)21(32)12-25(16,3)27(14,23(34)37-13-30)36-22(33)20-5-4-8-35-20/h4-8,10,14,16-17,19,21,32H,9,11-13H2,1-3H3/t14-,16+,17+,19+,21+,24+,25+,26+,27+/m1/s1. The van der Waals surface area contributed by atoms with Gasteiger partial charge in [0.25, 0.3) is 0 Å². The summed E-state index contributed by atoms with van der Waals surface area (Å²) in [5.41, 5.74) is -6.61. The summed E-state index contributed by atoms with van der Waals surface area (Å²) in [6.07, 6.45) is 1.81. The summed E-state index contributed by atoms with van der Waals surface area (Å²) in [5, 5.41) is 11.2. The second-order valence-corrected chi connectivity index (χ2v) is 13.9. The minimum atomic E-state index is -2.27. The van der Waals surface area contributed by atoms with E-state index in [0.29, 0.717) is 10.2 Å². The summed E-state index contributed by atoms with van der Waals surface area (Å²) >= 11 is 3.05. The predicted octanol–water partition coefficient (Wildman–Crippen LogP) is 5.39. The van der Waals surface area contributed by atoms with Gasteiger partial charge in [0.05, 0.1) is 16.1 Å². The van der Waals surface area contributed by atoms with Crippen LogP contribution in [0, 0.1) is 28.6 Å². The number of carbonyl (C=O) groups is 3. The van der Waals surface area contributed by atoms with E-state index >= 15 is 8.78 Å². The van der Waals surface area contributed by atoms with Gasteiger partial charge in [-0.05, 0) is 62.0 Å². The van der Waals surface area contributed by atoms with E-state index in [1.807, 2.05) is 22.6 Å². The second kappa shape index (κ2) is 9.01. The number of thioether (sulfide) groups is 1. The molecule has 0 bridgehead atoms. The fraction of sp³-hybridized carbons (Fsp3) is 0.593. The quantitative estimate of drug-likeness (QED) is 0.267. The molecule has 200 valence electrons. The molecule has 0 saturated heterocycles. The molecule has 0 amide bonds. The first-order chi connectivity index (χ1) is 17.4. The molecule has 0 unspecified atom stereocenters. The third-order valence-corrected chi connectivity index (χ3v) is 11.2. The van der Waals surface area contributed by atoms with Crippen molar-refractivity contribution >= 4 is 51.2 Å². The molecule has 1 aromatic heterocycles. The number of hydrogen-bond acceptors (Lipinski definition) is 7. The minimum Gasteiger partial charge on any atom is -0.457 e. The number of allylic oxidation sites excluding steroid dienone is 4. The van der Waals surface area contributed by atoms with Crippen LogP contribution in [-0.4, -0.2) is 49.3 Å². The van der Waals surface area contributed by atoms with Gasteiger partial charge in [-0.2, -0.15) is 0 Å². The fourth-order valence-corrected chi connectivity index (χ4v) is 9.60. The van der Waals surface area contributed by atoms with Crippen LogP contribution in [0.2, 0.25) is 0 Å². The van der Waals surface area contributed by atoms with Crippen molar-refractivity contribution in [3.8, 4) is 0 Å². The Kier molecular flexibility index (Phi) is 6.59. The van der Waals surface area contributed by atoms with E-state index in [2.05, 4.69) is 0 Å². The molecule has 5 rings (SSSR count). The number of ether oxygens (including phenoxy) is 1. The first-order valence-electron chi connectivity index (χ1n) is 12.3. The van der Waals surface area contributed by atoms with Crippen LogP contribution in [0.1, 0.15) is 50.6 Å². The van der Waals surface area contributed by atoms with E-state index < -0.39 is 63.9 Å². The smallest absolute Gasteiger partial charge is 0.375 e. The van der Waals surface area contributed by atoms with Gasteiger partial charge in [-0.15, -0.1) is 0 Å². The molecule has 9 atom stereocenters. The number of aliphatic hydroxyl groups excluding tert-OH is 1. The van der Waals surface area contributed by atoms with Crippen molar-refractivity contribution in [3.63, 3.8) is 0 Å². The van der Waals surface area contributed by atoms with Gasteiger partial charge in [-0.25, -0.2) is 13.6 Å². The molecule has 1 aromatic rings. The first kappa shape index (κ1) is 27.1. The lowest BCUT2D eigenvalue weighted by molar-refractivity contribution is -0.221. The Balaban J connectivity index is 1.64. The average Bonchev–Trinajstić information content (AvgIpc) is 3.45. The van der Waals surface area contributed by atoms with Crippen molar-refractivity contribution < 1.29 is 37.4 Å². The molecule has 10 heteroatoms. The number of rotatable bonds is 4. The van der Waals surface area contributed by atoms with Crippen molar-refractivity contribution in [2.45, 2.75) is 63.6 Å². The lowest BCUT2D eigenvalue weighted by Gasteiger charge is -2.63. The molecule has 1 N–H and O–H groups in total. The molecule has 37 heavy (non-hydrogen) atoms. The zero-order valence-corrected chi connectivity index (χ0v) is 23.7. The molecule has 0 radical (unpaired) electrons. The number of halogens is 3. The van der Waals surface area contributed by atoms with Crippen LogP contribution < -0.4 is 0 Å². The van der Waals surface area contributed by atoms with Gasteiger partial charge in [0.15, 0.2) is 17.1 Å². The SMILES string of the molecule is C[C@@H]1C[C@H]2[C@@H]3C[C@H](F)C4=CC(=O)C=C[C@]4(C)[C@@]3(F)[C@@H](O)C[C@]2(C)[C@@]1(OC(=O)c1ccco1)C(=O)SCI. The molecule has 3 saturated carbocycles. The summed E-state index contributed by atoms with van der Waals surface area (Å²) in [7, 11) is 0. The normalized spacial score (nSPS) is 44.5. The van der Waals surface area contributed by atoms with E-state index in [1.165, 1.54) is 37.5 Å². The van der Waals surface area contributed by atoms with Gasteiger partial charge in [-0.1, -0.05) is 54.3 Å². The number of furan rings is 1. The molecule has 0 aliphatic heterocycles. The average molecular weight is 646 g/mol. The van der Waals surface area contributed by atoms with Gasteiger partial charge >= 0.3 is 5.97 Å². The highest BCUT2D eigenvalue weighted by Crippen LogP contribution is 2.72. The minimum absolute atomic E-state index is 0.0412. The lowest BCUT2D eigenvalue weighted by atomic mass is 9.44. The Hall–Kier alpha value is -1.53. The van der Waals surface area contributed by atoms with E-state index in [9.17, 15) is 19.5 Å². The van der Waals surface area contributed by atoms with Crippen LogP contribution in [0.25, 0.3) is 0 Å². The third-order valence-electron chi connectivity index (χ3n) is 9.63. The molecule has 0 aromatic carbocycles. The lowest BCUT2D eigenvalue weighted by Crippen LogP contribution is -2.70. The number of aliphatic hydroxyl groups is 1. The monoisotopic (exact) mass is 646 g/mol. The number of alkyl halides is 3. The van der Waals surface area contributed by atoms with Crippen molar-refractivity contribution in [2.24, 2.45) is 28.6 Å². The molecule has 4 aliphatic rings. The summed E-state index contributed by atoms with van der Waals surface area (Å²) in [5.74, 6) is -3.35. The topological polar surface area (TPSA) is 93.8 Å². The number of esters is 1. The zero-order valence-electron chi connectivity index (χ0n) is 20.7. The Morgan fingerprint density at radius 3 is 2.68 bits per heavy atom. The molecular formula is C27H29F2IO6S. The summed E-state index contributed by atoms with van der Waals surface area (Å²) in [6, 6.07) is 2.97. The van der Waals surface area contributed by atoms with Gasteiger partial charge in [-0.3, -0.25) is 9.59 Å². The zero-order chi connectivity index (χ0) is 27.0.